The third kappa shape index (κ3) is 11.3. The van der Waals surface area contributed by atoms with E-state index in [1.165, 1.54) is 43.8 Å². The fourth-order valence-corrected chi connectivity index (χ4v) is 9.71. The van der Waals surface area contributed by atoms with Crippen molar-refractivity contribution >= 4 is 46.1 Å². The predicted molar refractivity (Wildman–Crippen MR) is 304 cm³/mol. The Morgan fingerprint density at radius 1 is 0.786 bits per heavy atom. The molecule has 2 unspecified atom stereocenters. The van der Waals surface area contributed by atoms with Crippen LogP contribution < -0.4 is 25.0 Å². The summed E-state index contributed by atoms with van der Waals surface area (Å²) in [6, 6.07) is 24.8. The number of allylic oxidation sites excluding steroid dienone is 16. The Hall–Kier alpha value is -7.04. The molecular weight excluding hydrogens is 853 g/mol. The summed E-state index contributed by atoms with van der Waals surface area (Å²) in [4.78, 5) is 5.00. The minimum atomic E-state index is -0.0815. The van der Waals surface area contributed by atoms with Gasteiger partial charge in [-0.1, -0.05) is 174 Å². The fourth-order valence-electron chi connectivity index (χ4n) is 9.71. The van der Waals surface area contributed by atoms with E-state index in [1.807, 2.05) is 33.8 Å². The first-order valence-electron chi connectivity index (χ1n) is 25.6. The second-order valence-electron chi connectivity index (χ2n) is 18.2. The average molecular weight is 927 g/mol. The first-order valence-corrected chi connectivity index (χ1v) is 25.6. The van der Waals surface area contributed by atoms with Gasteiger partial charge in [-0.25, -0.2) is 0 Å². The van der Waals surface area contributed by atoms with E-state index in [0.29, 0.717) is 13.0 Å². The van der Waals surface area contributed by atoms with Crippen molar-refractivity contribution in [2.24, 2.45) is 0 Å². The lowest BCUT2D eigenvalue weighted by molar-refractivity contribution is 0.230. The highest BCUT2D eigenvalue weighted by Gasteiger charge is 2.28. The Labute approximate surface area is 419 Å². The van der Waals surface area contributed by atoms with Gasteiger partial charge in [0.25, 0.3) is 0 Å². The normalized spacial score (nSPS) is 22.5. The van der Waals surface area contributed by atoms with Crippen LogP contribution in [0.25, 0.3) is 29.0 Å². The number of benzene rings is 4. The molecule has 4 nitrogen and oxygen atoms in total. The van der Waals surface area contributed by atoms with Crippen molar-refractivity contribution in [3.63, 3.8) is 0 Å². The van der Waals surface area contributed by atoms with Gasteiger partial charge in [0, 0.05) is 35.2 Å². The Morgan fingerprint density at radius 2 is 1.60 bits per heavy atom. The molecule has 70 heavy (non-hydrogen) atoms. The summed E-state index contributed by atoms with van der Waals surface area (Å²) in [5.41, 5.74) is 14.7. The summed E-state index contributed by atoms with van der Waals surface area (Å²) >= 11 is 0. The molecular formula is C66H74N2O2. The Balaban J connectivity index is 0.00000176. The largest absolute Gasteiger partial charge is 0.491 e. The van der Waals surface area contributed by atoms with Crippen LogP contribution in [-0.2, 0) is 11.2 Å². The number of hydrogen-bond donors (Lipinski definition) is 0. The molecule has 0 saturated carbocycles. The van der Waals surface area contributed by atoms with Gasteiger partial charge in [-0.3, -0.25) is 0 Å². The second kappa shape index (κ2) is 24.0. The number of ether oxygens (including phenoxy) is 2. The lowest BCUT2D eigenvalue weighted by atomic mass is 9.96. The fraction of sp³-hybridized carbons (Fsp3) is 0.273. The molecule has 2 aliphatic heterocycles. The molecule has 2 atom stereocenters. The second-order valence-corrected chi connectivity index (χ2v) is 18.2. The van der Waals surface area contributed by atoms with Crippen molar-refractivity contribution in [1.82, 2.24) is 0 Å². The van der Waals surface area contributed by atoms with Crippen molar-refractivity contribution in [3.8, 4) is 5.75 Å². The van der Waals surface area contributed by atoms with Gasteiger partial charge in [-0.15, -0.1) is 0 Å². The smallest absolute Gasteiger partial charge is 0.147 e. The molecule has 4 heteroatoms. The molecule has 0 radical (unpaired) electrons. The highest BCUT2D eigenvalue weighted by atomic mass is 16.5. The van der Waals surface area contributed by atoms with E-state index < -0.39 is 0 Å². The molecule has 2 bridgehead atoms. The number of nitrogens with zero attached hydrogens (tertiary/aromatic N) is 2. The third-order valence-corrected chi connectivity index (χ3v) is 13.4. The van der Waals surface area contributed by atoms with Gasteiger partial charge >= 0.3 is 0 Å². The van der Waals surface area contributed by atoms with Crippen LogP contribution in [0.2, 0.25) is 0 Å². The maximum Gasteiger partial charge on any atom is 0.147 e. The lowest BCUT2D eigenvalue weighted by Gasteiger charge is -2.35. The van der Waals surface area contributed by atoms with Crippen LogP contribution in [0.4, 0.5) is 17.1 Å². The SMILES string of the molecule is C=Cc1ccc(N(C2=C3CC(=CC=C2)C(=C)/C=C\C=C(\C)CO3)/C2=C/C(C)=C\CC=CC2)c2ccc3c(c12)=CC(N(c1cccc(C)c1)c1cccc2c1OC(C)/C(C)=C\C=C/C2)CCC=3.CC.CC. The molecule has 0 saturated heterocycles. The van der Waals surface area contributed by atoms with Gasteiger partial charge in [0.15, 0.2) is 0 Å². The molecule has 9 rings (SSSR count). The predicted octanol–water partition coefficient (Wildman–Crippen LogP) is 16.4. The number of aryl methyl sites for hydroxylation is 1. The topological polar surface area (TPSA) is 24.9 Å². The van der Waals surface area contributed by atoms with E-state index >= 15 is 0 Å². The van der Waals surface area contributed by atoms with E-state index in [9.17, 15) is 0 Å². The molecule has 0 amide bonds. The quantitative estimate of drug-likeness (QED) is 0.172. The number of hydrogen-bond acceptors (Lipinski definition) is 4. The highest BCUT2D eigenvalue weighted by Crippen LogP contribution is 2.43. The average Bonchev–Trinajstić information content (AvgIpc) is 3.69. The van der Waals surface area contributed by atoms with Gasteiger partial charge < -0.3 is 19.3 Å². The molecule has 2 heterocycles. The molecule has 4 aromatic rings. The van der Waals surface area contributed by atoms with Gasteiger partial charge in [-0.05, 0) is 146 Å². The van der Waals surface area contributed by atoms with Crippen LogP contribution in [0, 0.1) is 6.92 Å². The van der Waals surface area contributed by atoms with Crippen molar-refractivity contribution in [2.75, 3.05) is 16.4 Å². The van der Waals surface area contributed by atoms with Crippen LogP contribution in [0.3, 0.4) is 0 Å². The van der Waals surface area contributed by atoms with E-state index in [2.05, 4.69) is 215 Å². The van der Waals surface area contributed by atoms with Crippen LogP contribution in [0.5, 0.6) is 5.75 Å². The summed E-state index contributed by atoms with van der Waals surface area (Å²) < 4.78 is 13.9. The monoisotopic (exact) mass is 927 g/mol. The first kappa shape index (κ1) is 50.8. The Kier molecular flexibility index (Phi) is 17.4. The zero-order valence-corrected chi connectivity index (χ0v) is 43.3. The first-order chi connectivity index (χ1) is 34.2. The van der Waals surface area contributed by atoms with E-state index in [4.69, 9.17) is 9.47 Å². The maximum atomic E-state index is 7.01. The summed E-state index contributed by atoms with van der Waals surface area (Å²) in [6.07, 6.45) is 40.6. The van der Waals surface area contributed by atoms with Crippen LogP contribution in [0.1, 0.15) is 104 Å². The number of para-hydroxylation sites is 1. The summed E-state index contributed by atoms with van der Waals surface area (Å²) in [7, 11) is 0. The zero-order chi connectivity index (χ0) is 49.7. The van der Waals surface area contributed by atoms with Crippen molar-refractivity contribution in [1.29, 1.82) is 0 Å². The Bertz CT molecular complexity index is 3060. The number of rotatable bonds is 7. The van der Waals surface area contributed by atoms with Crippen molar-refractivity contribution < 1.29 is 9.47 Å². The summed E-state index contributed by atoms with van der Waals surface area (Å²) in [6.45, 7) is 28.2. The molecule has 360 valence electrons. The van der Waals surface area contributed by atoms with E-state index in [0.717, 1.165) is 94.0 Å². The molecule has 0 N–H and O–H groups in total. The van der Waals surface area contributed by atoms with Crippen LogP contribution in [0.15, 0.2) is 204 Å². The molecule has 0 fully saturated rings. The minimum Gasteiger partial charge on any atom is -0.491 e. The van der Waals surface area contributed by atoms with E-state index in [-0.39, 0.29) is 12.1 Å². The summed E-state index contributed by atoms with van der Waals surface area (Å²) in [5, 5.41) is 4.80. The van der Waals surface area contributed by atoms with Crippen LogP contribution in [-0.4, -0.2) is 18.8 Å². The lowest BCUT2D eigenvalue weighted by Crippen LogP contribution is -2.34. The third-order valence-electron chi connectivity index (χ3n) is 13.4. The maximum absolute atomic E-state index is 7.01. The van der Waals surface area contributed by atoms with Gasteiger partial charge in [0.2, 0.25) is 0 Å². The number of anilines is 3. The molecule has 3 aliphatic carbocycles. The molecule has 4 aromatic carbocycles. The standard InChI is InChI=1S/C62H62N2O2.2C2H6/c1-8-48-34-36-57(64(53-28-11-9-10-19-42(2)38-53)58-31-18-27-51-39-60(58)65-41-44(4)21-14-23-46(51)6)55-35-33-49-25-16-30-54(40-56(49)61(48)55)63(52-29-15-20-43(3)37-52)59-32-17-26-50-24-13-12-22-45(5)47(7)66-62(50)59;2*1-2/h8-9,11-15,17-23,25-27,29,31-38,40,47,54H,1,6,10,16,24,28,30,39,41H2,2-5,7H3;2*1-2H3/b11-9?,13-12-,23-14-,42-19-,44-21-,45-22-,53-38+;;. The molecule has 0 aromatic heterocycles. The van der Waals surface area contributed by atoms with E-state index in [1.54, 1.807) is 0 Å². The van der Waals surface area contributed by atoms with Gasteiger partial charge in [0.1, 0.15) is 24.2 Å². The van der Waals surface area contributed by atoms with Crippen molar-refractivity contribution in [3.05, 3.63) is 231 Å². The summed E-state index contributed by atoms with van der Waals surface area (Å²) in [5.74, 6) is 1.86. The minimum absolute atomic E-state index is 0.00206. The number of fused-ring (bicyclic) bond motifs is 6. The Morgan fingerprint density at radius 3 is 2.41 bits per heavy atom. The van der Waals surface area contributed by atoms with Gasteiger partial charge in [-0.2, -0.15) is 0 Å². The molecule has 0 spiro atoms. The highest BCUT2D eigenvalue weighted by molar-refractivity contribution is 6.01. The van der Waals surface area contributed by atoms with Gasteiger partial charge in [0.05, 0.1) is 23.1 Å². The zero-order valence-electron chi connectivity index (χ0n) is 43.3. The van der Waals surface area contributed by atoms with Crippen molar-refractivity contribution in [2.45, 2.75) is 113 Å². The molecule has 5 aliphatic rings. The van der Waals surface area contributed by atoms with Crippen LogP contribution >= 0.6 is 0 Å².